The number of hydrogen-bond acceptors (Lipinski definition) is 5. The summed E-state index contributed by atoms with van der Waals surface area (Å²) in [5.74, 6) is -0.867. The van der Waals surface area contributed by atoms with Gasteiger partial charge in [-0.2, -0.15) is 4.68 Å². The summed E-state index contributed by atoms with van der Waals surface area (Å²) in [5, 5.41) is 16.3. The molecule has 0 bridgehead atoms. The Kier molecular flexibility index (Phi) is 5.90. The van der Waals surface area contributed by atoms with E-state index in [1.54, 1.807) is 0 Å². The van der Waals surface area contributed by atoms with Crippen LogP contribution in [0.5, 0.6) is 0 Å². The fourth-order valence-corrected chi connectivity index (χ4v) is 1.76. The molecule has 0 atom stereocenters. The number of amides is 1. The highest BCUT2D eigenvalue weighted by Crippen LogP contribution is 2.26. The minimum absolute atomic E-state index is 0.0875. The maximum absolute atomic E-state index is 11.6. The number of nitrogens with one attached hydrogen (secondary N) is 1. The third-order valence-electron chi connectivity index (χ3n) is 2.46. The lowest BCUT2D eigenvalue weighted by Gasteiger charge is -2.03. The van der Waals surface area contributed by atoms with Gasteiger partial charge in [0, 0.05) is 13.0 Å². The van der Waals surface area contributed by atoms with Gasteiger partial charge in [0.15, 0.2) is 5.02 Å². The van der Waals surface area contributed by atoms with E-state index in [1.807, 2.05) is 0 Å². The summed E-state index contributed by atoms with van der Waals surface area (Å²) < 4.78 is 1.16. The van der Waals surface area contributed by atoms with Gasteiger partial charge in [0.1, 0.15) is 6.54 Å². The molecule has 1 aromatic rings. The molecule has 110 valence electrons. The van der Waals surface area contributed by atoms with Crippen LogP contribution in [0, 0.1) is 17.0 Å². The van der Waals surface area contributed by atoms with Crippen LogP contribution in [0.1, 0.15) is 18.5 Å². The minimum Gasteiger partial charge on any atom is -0.358 e. The average Bonchev–Trinajstić information content (AvgIpc) is 2.63. The molecule has 0 spiro atoms. The Hall–Kier alpha value is -1.67. The van der Waals surface area contributed by atoms with Gasteiger partial charge in [0.25, 0.3) is 0 Å². The predicted octanol–water partition coefficient (Wildman–Crippen LogP) is 1.41. The molecule has 1 amide bonds. The molecule has 0 aliphatic rings. The summed E-state index contributed by atoms with van der Waals surface area (Å²) in [7, 11) is 0. The minimum atomic E-state index is -0.712. The van der Waals surface area contributed by atoms with E-state index in [0.717, 1.165) is 4.68 Å². The molecule has 1 N–H and O–H groups in total. The first-order valence-corrected chi connectivity index (χ1v) is 6.40. The molecule has 0 fully saturated rings. The van der Waals surface area contributed by atoms with Crippen LogP contribution in [0.15, 0.2) is 0 Å². The molecule has 0 saturated carbocycles. The van der Waals surface area contributed by atoms with Crippen LogP contribution in [0.3, 0.4) is 0 Å². The van der Waals surface area contributed by atoms with Crippen LogP contribution in [0.2, 0.25) is 5.02 Å². The highest BCUT2D eigenvalue weighted by Gasteiger charge is 2.24. The monoisotopic (exact) mass is 322 g/mol. The molecule has 0 radical (unpaired) electrons. The molecule has 1 aromatic heterocycles. The molecule has 0 unspecified atom stereocenters. The Bertz CT molecular complexity index is 544. The quantitative estimate of drug-likeness (QED) is 0.353. The van der Waals surface area contributed by atoms with Gasteiger partial charge in [-0.05, 0) is 29.9 Å². The van der Waals surface area contributed by atoms with Gasteiger partial charge in [-0.1, -0.05) is 11.6 Å². The first kappa shape index (κ1) is 16.4. The zero-order valence-electron chi connectivity index (χ0n) is 10.6. The second-order valence-corrected chi connectivity index (χ2v) is 4.75. The van der Waals surface area contributed by atoms with Crippen LogP contribution in [0.25, 0.3) is 0 Å². The maximum atomic E-state index is 11.6. The molecule has 1 heterocycles. The summed E-state index contributed by atoms with van der Waals surface area (Å²) in [5.41, 5.74) is 0.337. The number of aromatic nitrogens is 2. The first-order valence-electron chi connectivity index (χ1n) is 5.65. The standard InChI is InChI=1S/C10H12Cl2N4O4/c1-6-9(12)10(16(19)20)14-15(6)5-8(18)13-4-2-3-7(11)17/h2-5H2,1H3,(H,13,18). The van der Waals surface area contributed by atoms with Crippen molar-refractivity contribution in [1.82, 2.24) is 15.1 Å². The fourth-order valence-electron chi connectivity index (χ4n) is 1.43. The number of halogens is 2. The third-order valence-corrected chi connectivity index (χ3v) is 3.09. The van der Waals surface area contributed by atoms with E-state index >= 15 is 0 Å². The predicted molar refractivity (Wildman–Crippen MR) is 71.7 cm³/mol. The average molecular weight is 323 g/mol. The first-order chi connectivity index (χ1) is 9.32. The molecular formula is C10H12Cl2N4O4. The lowest BCUT2D eigenvalue weighted by molar-refractivity contribution is -0.389. The molecule has 0 aromatic carbocycles. The van der Waals surface area contributed by atoms with E-state index in [1.165, 1.54) is 6.92 Å². The second-order valence-electron chi connectivity index (χ2n) is 3.95. The number of carbonyl (C=O) groups is 2. The van der Waals surface area contributed by atoms with E-state index in [2.05, 4.69) is 10.4 Å². The summed E-state index contributed by atoms with van der Waals surface area (Å²) in [6, 6.07) is 0. The van der Waals surface area contributed by atoms with E-state index in [0.29, 0.717) is 12.1 Å². The van der Waals surface area contributed by atoms with Crippen LogP contribution in [-0.4, -0.2) is 32.4 Å². The van der Waals surface area contributed by atoms with E-state index in [4.69, 9.17) is 23.2 Å². The van der Waals surface area contributed by atoms with Crippen LogP contribution < -0.4 is 5.32 Å². The van der Waals surface area contributed by atoms with Gasteiger partial charge >= 0.3 is 5.82 Å². The normalized spacial score (nSPS) is 10.3. The zero-order valence-corrected chi connectivity index (χ0v) is 12.1. The van der Waals surface area contributed by atoms with Crippen molar-refractivity contribution >= 4 is 40.2 Å². The largest absolute Gasteiger partial charge is 0.408 e. The Balaban J connectivity index is 2.56. The number of nitro groups is 1. The molecule has 8 nitrogen and oxygen atoms in total. The molecular weight excluding hydrogens is 311 g/mol. The third kappa shape index (κ3) is 4.46. The van der Waals surface area contributed by atoms with Gasteiger partial charge in [-0.25, -0.2) is 0 Å². The molecule has 10 heteroatoms. The highest BCUT2D eigenvalue weighted by atomic mass is 35.5. The molecule has 0 saturated heterocycles. The molecule has 0 aliphatic carbocycles. The van der Waals surface area contributed by atoms with Crippen molar-refractivity contribution in [2.24, 2.45) is 0 Å². The van der Waals surface area contributed by atoms with Gasteiger partial charge in [0.2, 0.25) is 11.1 Å². The van der Waals surface area contributed by atoms with Gasteiger partial charge in [-0.3, -0.25) is 9.59 Å². The van der Waals surface area contributed by atoms with Crippen molar-refractivity contribution in [2.75, 3.05) is 6.54 Å². The van der Waals surface area contributed by atoms with Crippen molar-refractivity contribution in [3.8, 4) is 0 Å². The SMILES string of the molecule is Cc1c(Cl)c([N+](=O)[O-])nn1CC(=O)NCCCC(=O)Cl. The maximum Gasteiger partial charge on any atom is 0.408 e. The van der Waals surface area contributed by atoms with E-state index < -0.39 is 16.0 Å². The Morgan fingerprint density at radius 1 is 1.50 bits per heavy atom. The van der Waals surface area contributed by atoms with Gasteiger partial charge in [-0.15, -0.1) is 0 Å². The Morgan fingerprint density at radius 3 is 2.65 bits per heavy atom. The zero-order chi connectivity index (χ0) is 15.3. The van der Waals surface area contributed by atoms with Crippen molar-refractivity contribution in [1.29, 1.82) is 0 Å². The Morgan fingerprint density at radius 2 is 2.15 bits per heavy atom. The fraction of sp³-hybridized carbons (Fsp3) is 0.500. The van der Waals surface area contributed by atoms with Crippen molar-refractivity contribution < 1.29 is 14.5 Å². The van der Waals surface area contributed by atoms with E-state index in [-0.39, 0.29) is 30.4 Å². The summed E-state index contributed by atoms with van der Waals surface area (Å²) >= 11 is 10.9. The van der Waals surface area contributed by atoms with Crippen LogP contribution in [0.4, 0.5) is 5.82 Å². The highest BCUT2D eigenvalue weighted by molar-refractivity contribution is 6.63. The summed E-state index contributed by atoms with van der Waals surface area (Å²) in [6.07, 6.45) is 0.590. The smallest absolute Gasteiger partial charge is 0.358 e. The Labute approximate surface area is 124 Å². The van der Waals surface area contributed by atoms with E-state index in [9.17, 15) is 19.7 Å². The lowest BCUT2D eigenvalue weighted by Crippen LogP contribution is -2.29. The summed E-state index contributed by atoms with van der Waals surface area (Å²) in [4.78, 5) is 32.0. The van der Waals surface area contributed by atoms with Crippen LogP contribution in [-0.2, 0) is 16.1 Å². The topological polar surface area (TPSA) is 107 Å². The number of hydrogen-bond donors (Lipinski definition) is 1. The number of rotatable bonds is 7. The molecule has 20 heavy (non-hydrogen) atoms. The van der Waals surface area contributed by atoms with Gasteiger partial charge < -0.3 is 15.4 Å². The van der Waals surface area contributed by atoms with Gasteiger partial charge in [0.05, 0.1) is 10.8 Å². The molecule has 0 aliphatic heterocycles. The molecule has 1 rings (SSSR count). The second kappa shape index (κ2) is 7.20. The van der Waals surface area contributed by atoms with Crippen LogP contribution >= 0.6 is 23.2 Å². The van der Waals surface area contributed by atoms with Crippen molar-refractivity contribution in [3.63, 3.8) is 0 Å². The number of carbonyl (C=O) groups excluding carboxylic acids is 2. The summed E-state index contributed by atoms with van der Waals surface area (Å²) in [6.45, 7) is 1.63. The van der Waals surface area contributed by atoms with Crippen molar-refractivity contribution in [3.05, 3.63) is 20.8 Å². The number of nitrogens with zero attached hydrogens (tertiary/aromatic N) is 3. The van der Waals surface area contributed by atoms with Crippen molar-refractivity contribution in [2.45, 2.75) is 26.3 Å². The lowest BCUT2D eigenvalue weighted by atomic mass is 10.3.